The van der Waals surface area contributed by atoms with E-state index in [2.05, 4.69) is 67.8 Å². The van der Waals surface area contributed by atoms with E-state index in [1.807, 2.05) is 0 Å². The first-order valence-electron chi connectivity index (χ1n) is 36.4. The normalized spacial score (nSPS) is 12.8. The fourth-order valence-corrected chi connectivity index (χ4v) is 11.3. The minimum absolute atomic E-state index is 0.00121. The van der Waals surface area contributed by atoms with Crippen molar-refractivity contribution in [3.8, 4) is 0 Å². The molecule has 0 aliphatic carbocycles. The van der Waals surface area contributed by atoms with Crippen LogP contribution in [0.25, 0.3) is 0 Å². The second-order valence-corrected chi connectivity index (χ2v) is 24.9. The number of unbranched alkanes of at least 4 members (excludes halogenated alkanes) is 49. The third-order valence-electron chi connectivity index (χ3n) is 16.9. The standard InChI is InChI=1S/C75H141NO5/c1-3-5-7-9-11-13-15-17-19-21-33-36-39-43-47-51-55-59-63-67-73(78)72(71-77)76-74(79)68-64-60-56-52-48-44-40-37-34-31-29-27-25-23-22-24-26-28-30-32-35-38-42-46-50-54-58-62-66-70-81-75(80)69-65-61-57-53-49-45-41-20-18-16-14-12-10-8-6-4-2/h14,16,20,22,24,28,30,41,72-73,77-78H,3-13,15,17-19,21,23,25-27,29,31-40,42-71H2,1-2H3,(H,76,79)/b16-14-,24-22-,30-28-,41-20-. The average molecular weight is 1140 g/mol. The molecule has 0 rings (SSSR count). The van der Waals surface area contributed by atoms with Crippen molar-refractivity contribution in [3.05, 3.63) is 48.6 Å². The summed E-state index contributed by atoms with van der Waals surface area (Å²) in [6.07, 6.45) is 91.6. The largest absolute Gasteiger partial charge is 0.466 e. The number of esters is 1. The summed E-state index contributed by atoms with van der Waals surface area (Å²) in [4.78, 5) is 24.6. The molecule has 81 heavy (non-hydrogen) atoms. The number of nitrogens with one attached hydrogen (secondary N) is 1. The fraction of sp³-hybridized carbons (Fsp3) is 0.867. The summed E-state index contributed by atoms with van der Waals surface area (Å²) >= 11 is 0. The third-order valence-corrected chi connectivity index (χ3v) is 16.9. The Labute approximate surface area is 506 Å². The van der Waals surface area contributed by atoms with E-state index < -0.39 is 12.1 Å². The quantitative estimate of drug-likeness (QED) is 0.0320. The molecule has 2 atom stereocenters. The Hall–Kier alpha value is -2.18. The summed E-state index contributed by atoms with van der Waals surface area (Å²) in [5, 5.41) is 23.4. The number of hydrogen-bond donors (Lipinski definition) is 3. The van der Waals surface area contributed by atoms with Gasteiger partial charge in [-0.05, 0) is 89.9 Å². The lowest BCUT2D eigenvalue weighted by Gasteiger charge is -2.22. The number of rotatable bonds is 68. The van der Waals surface area contributed by atoms with Gasteiger partial charge in [0.05, 0.1) is 25.4 Å². The zero-order valence-corrected chi connectivity index (χ0v) is 54.5. The van der Waals surface area contributed by atoms with Crippen LogP contribution in [0.2, 0.25) is 0 Å². The highest BCUT2D eigenvalue weighted by Gasteiger charge is 2.20. The summed E-state index contributed by atoms with van der Waals surface area (Å²) in [5.74, 6) is -0.0339. The van der Waals surface area contributed by atoms with E-state index in [1.165, 1.54) is 302 Å². The van der Waals surface area contributed by atoms with E-state index in [9.17, 15) is 19.8 Å². The first kappa shape index (κ1) is 78.8. The summed E-state index contributed by atoms with van der Waals surface area (Å²) < 4.78 is 5.49. The minimum Gasteiger partial charge on any atom is -0.466 e. The molecule has 6 heteroatoms. The summed E-state index contributed by atoms with van der Waals surface area (Å²) in [7, 11) is 0. The Morgan fingerprint density at radius 1 is 0.346 bits per heavy atom. The third kappa shape index (κ3) is 66.8. The number of carbonyl (C=O) groups excluding carboxylic acids is 2. The van der Waals surface area contributed by atoms with E-state index in [4.69, 9.17) is 4.74 Å². The number of allylic oxidation sites excluding steroid dienone is 8. The monoisotopic (exact) mass is 1140 g/mol. The molecule has 476 valence electrons. The van der Waals surface area contributed by atoms with E-state index in [0.717, 1.165) is 57.8 Å². The van der Waals surface area contributed by atoms with Crippen molar-refractivity contribution in [2.75, 3.05) is 13.2 Å². The molecule has 0 saturated carbocycles. The van der Waals surface area contributed by atoms with E-state index in [0.29, 0.717) is 25.9 Å². The van der Waals surface area contributed by atoms with Crippen LogP contribution in [0.5, 0.6) is 0 Å². The van der Waals surface area contributed by atoms with Crippen molar-refractivity contribution < 1.29 is 24.5 Å². The van der Waals surface area contributed by atoms with Crippen molar-refractivity contribution >= 4 is 11.9 Å². The van der Waals surface area contributed by atoms with Gasteiger partial charge in [-0.3, -0.25) is 9.59 Å². The predicted molar refractivity (Wildman–Crippen MR) is 356 cm³/mol. The molecular formula is C75H141NO5. The van der Waals surface area contributed by atoms with Gasteiger partial charge in [0.25, 0.3) is 0 Å². The molecule has 3 N–H and O–H groups in total. The van der Waals surface area contributed by atoms with Gasteiger partial charge in [0.1, 0.15) is 0 Å². The topological polar surface area (TPSA) is 95.9 Å². The molecule has 0 spiro atoms. The molecule has 0 bridgehead atoms. The average Bonchev–Trinajstić information content (AvgIpc) is 3.47. The maximum atomic E-state index is 12.5. The Bertz CT molecular complexity index is 1360. The van der Waals surface area contributed by atoms with Crippen LogP contribution in [-0.2, 0) is 14.3 Å². The van der Waals surface area contributed by atoms with Crippen LogP contribution in [0.4, 0.5) is 0 Å². The van der Waals surface area contributed by atoms with Crippen molar-refractivity contribution in [1.29, 1.82) is 0 Å². The van der Waals surface area contributed by atoms with Gasteiger partial charge >= 0.3 is 5.97 Å². The maximum Gasteiger partial charge on any atom is 0.305 e. The lowest BCUT2D eigenvalue weighted by Crippen LogP contribution is -2.45. The number of ether oxygens (including phenoxy) is 1. The molecule has 0 heterocycles. The number of aliphatic hydroxyl groups excluding tert-OH is 2. The highest BCUT2D eigenvalue weighted by molar-refractivity contribution is 5.76. The molecule has 0 aromatic carbocycles. The van der Waals surface area contributed by atoms with Crippen molar-refractivity contribution in [2.24, 2.45) is 0 Å². The van der Waals surface area contributed by atoms with Crippen LogP contribution < -0.4 is 5.32 Å². The highest BCUT2D eigenvalue weighted by atomic mass is 16.5. The highest BCUT2D eigenvalue weighted by Crippen LogP contribution is 2.18. The zero-order chi connectivity index (χ0) is 58.5. The van der Waals surface area contributed by atoms with E-state index >= 15 is 0 Å². The second kappa shape index (κ2) is 70.3. The Morgan fingerprint density at radius 2 is 0.617 bits per heavy atom. The van der Waals surface area contributed by atoms with Gasteiger partial charge in [0.2, 0.25) is 5.91 Å². The van der Waals surface area contributed by atoms with Gasteiger partial charge in [-0.15, -0.1) is 0 Å². The van der Waals surface area contributed by atoms with Gasteiger partial charge < -0.3 is 20.3 Å². The van der Waals surface area contributed by atoms with Crippen molar-refractivity contribution in [2.45, 2.75) is 405 Å². The SMILES string of the molecule is CCCCCC/C=C\C/C=C\CCCCCCCC(=O)OCCCCCCCCCCC/C=C\C/C=C\CCCCCCCCCCCCCCCC(=O)NC(CO)C(O)CCCCCCCCCCCCCCCCCCCCC. The van der Waals surface area contributed by atoms with Crippen molar-refractivity contribution in [3.63, 3.8) is 0 Å². The number of amides is 1. The molecule has 0 aliphatic rings. The lowest BCUT2D eigenvalue weighted by atomic mass is 10.0. The number of carbonyl (C=O) groups is 2. The van der Waals surface area contributed by atoms with E-state index in [1.54, 1.807) is 0 Å². The number of hydrogen-bond acceptors (Lipinski definition) is 5. The van der Waals surface area contributed by atoms with Crippen LogP contribution in [0, 0.1) is 0 Å². The van der Waals surface area contributed by atoms with Gasteiger partial charge in [0.15, 0.2) is 0 Å². The molecule has 2 unspecified atom stereocenters. The first-order valence-corrected chi connectivity index (χ1v) is 36.4. The molecular weight excluding hydrogens is 995 g/mol. The molecule has 6 nitrogen and oxygen atoms in total. The molecule has 0 aliphatic heterocycles. The maximum absolute atomic E-state index is 12.5. The van der Waals surface area contributed by atoms with Crippen LogP contribution in [0.3, 0.4) is 0 Å². The zero-order valence-electron chi connectivity index (χ0n) is 54.5. The lowest BCUT2D eigenvalue weighted by molar-refractivity contribution is -0.143. The second-order valence-electron chi connectivity index (χ2n) is 24.9. The Kier molecular flexibility index (Phi) is 68.4. The van der Waals surface area contributed by atoms with Crippen LogP contribution in [-0.4, -0.2) is 47.4 Å². The molecule has 0 aromatic heterocycles. The first-order chi connectivity index (χ1) is 40.0. The summed E-state index contributed by atoms with van der Waals surface area (Å²) in [5.41, 5.74) is 0. The molecule has 0 saturated heterocycles. The van der Waals surface area contributed by atoms with Gasteiger partial charge in [-0.1, -0.05) is 339 Å². The smallest absolute Gasteiger partial charge is 0.305 e. The molecule has 0 radical (unpaired) electrons. The summed E-state index contributed by atoms with van der Waals surface area (Å²) in [6, 6.07) is -0.544. The molecule has 0 fully saturated rings. The van der Waals surface area contributed by atoms with Crippen molar-refractivity contribution in [1.82, 2.24) is 5.32 Å². The van der Waals surface area contributed by atoms with Gasteiger partial charge in [0, 0.05) is 12.8 Å². The Balaban J connectivity index is 3.41. The van der Waals surface area contributed by atoms with Crippen LogP contribution in [0.15, 0.2) is 48.6 Å². The van der Waals surface area contributed by atoms with Crippen LogP contribution in [0.1, 0.15) is 393 Å². The van der Waals surface area contributed by atoms with E-state index in [-0.39, 0.29) is 18.5 Å². The predicted octanol–water partition coefficient (Wildman–Crippen LogP) is 23.6. The van der Waals surface area contributed by atoms with Gasteiger partial charge in [-0.2, -0.15) is 0 Å². The molecule has 0 aromatic rings. The fourth-order valence-electron chi connectivity index (χ4n) is 11.3. The number of aliphatic hydroxyl groups is 2. The Morgan fingerprint density at radius 3 is 0.951 bits per heavy atom. The minimum atomic E-state index is -0.667. The molecule has 1 amide bonds. The van der Waals surface area contributed by atoms with Crippen LogP contribution >= 0.6 is 0 Å². The summed E-state index contributed by atoms with van der Waals surface area (Å²) in [6.45, 7) is 4.96. The van der Waals surface area contributed by atoms with Gasteiger partial charge in [-0.25, -0.2) is 0 Å².